The lowest BCUT2D eigenvalue weighted by Crippen LogP contribution is -2.32. The molecule has 44 heavy (non-hydrogen) atoms. The molecule has 2 aromatic heterocycles. The lowest BCUT2D eigenvalue weighted by Gasteiger charge is -2.39. The summed E-state index contributed by atoms with van der Waals surface area (Å²) in [6.07, 6.45) is 3.66. The maximum atomic E-state index is 9.60. The third kappa shape index (κ3) is 3.07. The summed E-state index contributed by atoms with van der Waals surface area (Å²) >= 11 is 0. The molecule has 0 N–H and O–H groups in total. The summed E-state index contributed by atoms with van der Waals surface area (Å²) in [5, 5.41) is 19.2. The van der Waals surface area contributed by atoms with E-state index in [4.69, 9.17) is 19.4 Å². The zero-order valence-corrected chi connectivity index (χ0v) is 23.0. The Balaban J connectivity index is 1.36. The fourth-order valence-corrected chi connectivity index (χ4v) is 6.89. The Kier molecular flexibility index (Phi) is 4.83. The molecule has 1 spiro atoms. The molecule has 0 bridgehead atoms. The van der Waals surface area contributed by atoms with E-state index < -0.39 is 5.41 Å². The van der Waals surface area contributed by atoms with Crippen molar-refractivity contribution < 1.29 is 9.47 Å². The molecule has 4 aromatic carbocycles. The number of hydrogen-bond acceptors (Lipinski definition) is 7. The van der Waals surface area contributed by atoms with Crippen molar-refractivity contribution in [1.29, 1.82) is 10.5 Å². The van der Waals surface area contributed by atoms with Crippen molar-refractivity contribution in [3.05, 3.63) is 149 Å². The molecule has 2 aliphatic heterocycles. The first-order valence-electron chi connectivity index (χ1n) is 14.1. The summed E-state index contributed by atoms with van der Waals surface area (Å²) in [4.78, 5) is 12.0. The fraction of sp³-hybridized carbons (Fsp3) is 0.0270. The minimum absolute atomic E-state index is 0.478. The summed E-state index contributed by atoms with van der Waals surface area (Å²) in [6.45, 7) is 0. The number of fused-ring (bicyclic) bond motifs is 11. The minimum atomic E-state index is -0.722. The highest BCUT2D eigenvalue weighted by Gasteiger charge is 2.52. The van der Waals surface area contributed by atoms with E-state index in [1.54, 1.807) is 24.3 Å². The van der Waals surface area contributed by atoms with Gasteiger partial charge in [0.1, 0.15) is 11.5 Å². The average Bonchev–Trinajstić information content (AvgIpc) is 3.36. The second-order valence-corrected chi connectivity index (χ2v) is 10.9. The fourth-order valence-electron chi connectivity index (χ4n) is 6.89. The normalized spacial score (nSPS) is 13.9. The molecule has 0 atom stereocenters. The maximum absolute atomic E-state index is 9.60. The summed E-state index contributed by atoms with van der Waals surface area (Å²) in [6, 6.07) is 37.7. The van der Waals surface area contributed by atoms with Crippen LogP contribution in [-0.2, 0) is 5.41 Å². The number of pyridine rings is 2. The van der Waals surface area contributed by atoms with Crippen molar-refractivity contribution in [3.63, 3.8) is 0 Å². The Bertz CT molecular complexity index is 2190. The first-order chi connectivity index (χ1) is 21.7. The van der Waals surface area contributed by atoms with E-state index in [2.05, 4.69) is 41.3 Å². The molecule has 9 rings (SSSR count). The van der Waals surface area contributed by atoms with Crippen LogP contribution in [0.15, 0.2) is 116 Å². The highest BCUT2D eigenvalue weighted by Crippen LogP contribution is 2.62. The van der Waals surface area contributed by atoms with Crippen molar-refractivity contribution in [1.82, 2.24) is 9.97 Å². The summed E-state index contributed by atoms with van der Waals surface area (Å²) in [7, 11) is 0. The zero-order chi connectivity index (χ0) is 29.4. The monoisotopic (exact) mass is 565 g/mol. The summed E-state index contributed by atoms with van der Waals surface area (Å²) < 4.78 is 12.7. The molecule has 3 aliphatic rings. The standard InChI is InChI=1S/C37H19N5O2/c38-19-22-11-13-29-33(16-22)44-34-17-23(20-39)12-14-30(34)42(29)24-18-28-36(41-21-24)35-27(8-5-15-40-35)37(28)25-6-1-3-9-31(25)43-32-10-4-2-7-26(32)37/h1-18,21H. The van der Waals surface area contributed by atoms with Crippen LogP contribution in [0.4, 0.5) is 17.1 Å². The van der Waals surface area contributed by atoms with E-state index >= 15 is 0 Å². The molecule has 1 aliphatic carbocycles. The van der Waals surface area contributed by atoms with E-state index in [0.29, 0.717) is 22.6 Å². The molecule has 4 heterocycles. The molecule has 6 aromatic rings. The van der Waals surface area contributed by atoms with Crippen LogP contribution in [0.1, 0.15) is 33.4 Å². The molecular formula is C37H19N5O2. The van der Waals surface area contributed by atoms with Gasteiger partial charge in [-0.1, -0.05) is 42.5 Å². The quantitative estimate of drug-likeness (QED) is 0.198. The van der Waals surface area contributed by atoms with E-state index in [9.17, 15) is 10.5 Å². The smallest absolute Gasteiger partial charge is 0.152 e. The van der Waals surface area contributed by atoms with Crippen molar-refractivity contribution in [2.75, 3.05) is 4.90 Å². The molecule has 0 unspecified atom stereocenters. The second kappa shape index (κ2) is 8.78. The molecule has 0 saturated heterocycles. The van der Waals surface area contributed by atoms with Crippen molar-refractivity contribution >= 4 is 17.1 Å². The summed E-state index contributed by atoms with van der Waals surface area (Å²) in [5.41, 5.74) is 8.28. The number of anilines is 3. The van der Waals surface area contributed by atoms with Gasteiger partial charge in [0.2, 0.25) is 0 Å². The van der Waals surface area contributed by atoms with E-state index in [1.807, 2.05) is 67.0 Å². The molecule has 0 amide bonds. The van der Waals surface area contributed by atoms with Crippen molar-refractivity contribution in [3.8, 4) is 46.5 Å². The van der Waals surface area contributed by atoms with Crippen LogP contribution in [0.3, 0.4) is 0 Å². The predicted octanol–water partition coefficient (Wildman–Crippen LogP) is 8.26. The SMILES string of the molecule is N#Cc1ccc2c(c1)Oc1cc(C#N)ccc1N2c1cnc2c(c1)C1(c3ccccc3Oc3ccccc31)c1cccnc1-2. The van der Waals surface area contributed by atoms with Crippen LogP contribution < -0.4 is 14.4 Å². The largest absolute Gasteiger partial charge is 0.457 e. The van der Waals surface area contributed by atoms with Gasteiger partial charge in [-0.05, 0) is 54.1 Å². The van der Waals surface area contributed by atoms with Crippen LogP contribution in [0.25, 0.3) is 11.4 Å². The first-order valence-corrected chi connectivity index (χ1v) is 14.1. The molecule has 7 nitrogen and oxygen atoms in total. The van der Waals surface area contributed by atoms with Crippen LogP contribution in [0.2, 0.25) is 0 Å². The van der Waals surface area contributed by atoms with Crippen molar-refractivity contribution in [2.45, 2.75) is 5.41 Å². The number of nitriles is 2. The molecule has 204 valence electrons. The van der Waals surface area contributed by atoms with Gasteiger partial charge in [0.15, 0.2) is 11.5 Å². The Labute approximate surface area is 252 Å². The number of rotatable bonds is 1. The Morgan fingerprint density at radius 2 is 1.14 bits per heavy atom. The van der Waals surface area contributed by atoms with Crippen LogP contribution in [-0.4, -0.2) is 9.97 Å². The molecule has 0 saturated carbocycles. The van der Waals surface area contributed by atoms with E-state index in [1.165, 1.54) is 0 Å². The topological polar surface area (TPSA) is 95.1 Å². The Hall–Kier alpha value is -6.44. The Morgan fingerprint density at radius 1 is 0.568 bits per heavy atom. The van der Waals surface area contributed by atoms with Gasteiger partial charge in [-0.25, -0.2) is 0 Å². The van der Waals surface area contributed by atoms with E-state index in [0.717, 1.165) is 62.2 Å². The van der Waals surface area contributed by atoms with Gasteiger partial charge in [-0.3, -0.25) is 9.97 Å². The van der Waals surface area contributed by atoms with Crippen LogP contribution in [0, 0.1) is 22.7 Å². The molecule has 0 radical (unpaired) electrons. The third-order valence-electron chi connectivity index (χ3n) is 8.65. The number of ether oxygens (including phenoxy) is 2. The lowest BCUT2D eigenvalue weighted by molar-refractivity contribution is 0.436. The second-order valence-electron chi connectivity index (χ2n) is 10.9. The van der Waals surface area contributed by atoms with Gasteiger partial charge >= 0.3 is 0 Å². The summed E-state index contributed by atoms with van der Waals surface area (Å²) in [5.74, 6) is 2.62. The van der Waals surface area contributed by atoms with Gasteiger partial charge < -0.3 is 14.4 Å². The Morgan fingerprint density at radius 3 is 1.77 bits per heavy atom. The highest BCUT2D eigenvalue weighted by molar-refractivity contribution is 5.90. The number of nitrogens with zero attached hydrogens (tertiary/aromatic N) is 5. The minimum Gasteiger partial charge on any atom is -0.457 e. The van der Waals surface area contributed by atoms with Gasteiger partial charge in [-0.2, -0.15) is 10.5 Å². The zero-order valence-electron chi connectivity index (χ0n) is 23.0. The maximum Gasteiger partial charge on any atom is 0.152 e. The number of benzene rings is 4. The van der Waals surface area contributed by atoms with Gasteiger partial charge in [0.25, 0.3) is 0 Å². The van der Waals surface area contributed by atoms with Crippen molar-refractivity contribution in [2.24, 2.45) is 0 Å². The van der Waals surface area contributed by atoms with E-state index in [-0.39, 0.29) is 0 Å². The van der Waals surface area contributed by atoms with Crippen LogP contribution >= 0.6 is 0 Å². The molecule has 0 fully saturated rings. The number of para-hydroxylation sites is 2. The molecular weight excluding hydrogens is 546 g/mol. The average molecular weight is 566 g/mol. The lowest BCUT2D eigenvalue weighted by atomic mass is 9.66. The third-order valence-corrected chi connectivity index (χ3v) is 8.65. The van der Waals surface area contributed by atoms with Gasteiger partial charge in [0.05, 0.1) is 63.3 Å². The van der Waals surface area contributed by atoms with Gasteiger partial charge in [0, 0.05) is 35.0 Å². The number of hydrogen-bond donors (Lipinski definition) is 0. The van der Waals surface area contributed by atoms with Crippen LogP contribution in [0.5, 0.6) is 23.0 Å². The predicted molar refractivity (Wildman–Crippen MR) is 164 cm³/mol. The first kappa shape index (κ1) is 24.2. The van der Waals surface area contributed by atoms with Gasteiger partial charge in [-0.15, -0.1) is 0 Å². The number of aromatic nitrogens is 2. The highest BCUT2D eigenvalue weighted by atomic mass is 16.5. The molecule has 7 heteroatoms.